The van der Waals surface area contributed by atoms with Crippen LogP contribution in [0.4, 0.5) is 0 Å². The summed E-state index contributed by atoms with van der Waals surface area (Å²) >= 11 is 0. The minimum absolute atomic E-state index is 0.509. The molecular formula is C24H29N5O2. The van der Waals surface area contributed by atoms with Crippen molar-refractivity contribution in [2.75, 3.05) is 26.8 Å². The molecule has 0 saturated carbocycles. The molecule has 162 valence electrons. The maximum absolute atomic E-state index is 5.58. The van der Waals surface area contributed by atoms with Crippen LogP contribution < -0.4 is 20.1 Å². The van der Waals surface area contributed by atoms with Gasteiger partial charge in [-0.15, -0.1) is 0 Å². The van der Waals surface area contributed by atoms with Crippen molar-refractivity contribution in [1.29, 1.82) is 0 Å². The van der Waals surface area contributed by atoms with Crippen molar-refractivity contribution in [1.82, 2.24) is 20.4 Å². The number of rotatable bonds is 8. The zero-order valence-corrected chi connectivity index (χ0v) is 18.1. The molecule has 0 bridgehead atoms. The first kappa shape index (κ1) is 20.8. The lowest BCUT2D eigenvalue weighted by atomic mass is 10.1. The third-order valence-corrected chi connectivity index (χ3v) is 5.18. The highest BCUT2D eigenvalue weighted by Crippen LogP contribution is 2.25. The van der Waals surface area contributed by atoms with Gasteiger partial charge in [-0.2, -0.15) is 5.10 Å². The maximum atomic E-state index is 5.58. The Balaban J connectivity index is 1.32. The number of methoxy groups -OCH3 is 1. The van der Waals surface area contributed by atoms with Gasteiger partial charge in [-0.3, -0.25) is 0 Å². The molecule has 4 rings (SSSR count). The van der Waals surface area contributed by atoms with Gasteiger partial charge < -0.3 is 20.1 Å². The van der Waals surface area contributed by atoms with Crippen molar-refractivity contribution in [3.63, 3.8) is 0 Å². The molecule has 0 atom stereocenters. The van der Waals surface area contributed by atoms with E-state index in [1.807, 2.05) is 41.2 Å². The molecule has 31 heavy (non-hydrogen) atoms. The molecule has 1 aliphatic heterocycles. The predicted molar refractivity (Wildman–Crippen MR) is 122 cm³/mol. The first-order valence-electron chi connectivity index (χ1n) is 10.7. The van der Waals surface area contributed by atoms with Gasteiger partial charge in [-0.1, -0.05) is 12.1 Å². The molecule has 2 heterocycles. The summed E-state index contributed by atoms with van der Waals surface area (Å²) in [6.07, 6.45) is 3.89. The van der Waals surface area contributed by atoms with E-state index in [0.717, 1.165) is 61.4 Å². The largest absolute Gasteiger partial charge is 0.497 e. The molecule has 7 heteroatoms. The summed E-state index contributed by atoms with van der Waals surface area (Å²) in [4.78, 5) is 4.69. The first-order valence-corrected chi connectivity index (χ1v) is 10.7. The SMILES string of the molecule is CCNC(=NCc1ccn(-c2ccc(OC)cc2)n1)NCCc1ccc2c(c1)CCO2. The number of nitrogens with one attached hydrogen (secondary N) is 2. The highest BCUT2D eigenvalue weighted by molar-refractivity contribution is 5.79. The van der Waals surface area contributed by atoms with Crippen LogP contribution in [0.15, 0.2) is 59.7 Å². The second-order valence-electron chi connectivity index (χ2n) is 7.36. The Morgan fingerprint density at radius 2 is 2.03 bits per heavy atom. The Hall–Kier alpha value is -3.48. The van der Waals surface area contributed by atoms with Gasteiger partial charge in [-0.25, -0.2) is 9.67 Å². The molecule has 0 amide bonds. The maximum Gasteiger partial charge on any atom is 0.191 e. The van der Waals surface area contributed by atoms with Crippen molar-refractivity contribution in [3.05, 3.63) is 71.5 Å². The van der Waals surface area contributed by atoms with E-state index in [4.69, 9.17) is 9.47 Å². The van der Waals surface area contributed by atoms with Gasteiger partial charge in [0.05, 0.1) is 31.6 Å². The molecule has 7 nitrogen and oxygen atoms in total. The van der Waals surface area contributed by atoms with E-state index in [9.17, 15) is 0 Å². The van der Waals surface area contributed by atoms with Gasteiger partial charge in [0.2, 0.25) is 0 Å². The smallest absolute Gasteiger partial charge is 0.191 e. The van der Waals surface area contributed by atoms with Crippen molar-refractivity contribution in [2.24, 2.45) is 4.99 Å². The summed E-state index contributed by atoms with van der Waals surface area (Å²) in [5, 5.41) is 11.4. The first-order chi connectivity index (χ1) is 15.2. The number of guanidine groups is 1. The van der Waals surface area contributed by atoms with E-state index in [2.05, 4.69) is 45.8 Å². The number of nitrogens with zero attached hydrogens (tertiary/aromatic N) is 3. The normalized spacial score (nSPS) is 12.9. The summed E-state index contributed by atoms with van der Waals surface area (Å²) in [6.45, 7) is 4.99. The third-order valence-electron chi connectivity index (χ3n) is 5.18. The number of aromatic nitrogens is 2. The quantitative estimate of drug-likeness (QED) is 0.434. The zero-order chi connectivity index (χ0) is 21.5. The fourth-order valence-corrected chi connectivity index (χ4v) is 3.55. The topological polar surface area (TPSA) is 72.7 Å². The summed E-state index contributed by atoms with van der Waals surface area (Å²) in [7, 11) is 1.66. The lowest BCUT2D eigenvalue weighted by Crippen LogP contribution is -2.38. The second kappa shape index (κ2) is 10.0. The van der Waals surface area contributed by atoms with Crippen molar-refractivity contribution < 1.29 is 9.47 Å². The van der Waals surface area contributed by atoms with Crippen LogP contribution in [0.3, 0.4) is 0 Å². The molecule has 2 N–H and O–H groups in total. The van der Waals surface area contributed by atoms with E-state index < -0.39 is 0 Å². The Kier molecular flexibility index (Phi) is 6.72. The Bertz CT molecular complexity index is 1030. The number of ether oxygens (including phenoxy) is 2. The zero-order valence-electron chi connectivity index (χ0n) is 18.1. The number of fused-ring (bicyclic) bond motifs is 1. The second-order valence-corrected chi connectivity index (χ2v) is 7.36. The van der Waals surface area contributed by atoms with Crippen molar-refractivity contribution in [2.45, 2.75) is 26.3 Å². The van der Waals surface area contributed by atoms with E-state index >= 15 is 0 Å². The van der Waals surface area contributed by atoms with Crippen LogP contribution in [-0.4, -0.2) is 42.5 Å². The highest BCUT2D eigenvalue weighted by atomic mass is 16.5. The molecule has 1 aliphatic rings. The van der Waals surface area contributed by atoms with Crippen LogP contribution in [0.5, 0.6) is 11.5 Å². The van der Waals surface area contributed by atoms with Gasteiger partial charge in [0.1, 0.15) is 11.5 Å². The minimum Gasteiger partial charge on any atom is -0.497 e. The van der Waals surface area contributed by atoms with Crippen LogP contribution in [0.2, 0.25) is 0 Å². The molecule has 0 aliphatic carbocycles. The molecule has 0 radical (unpaired) electrons. The van der Waals surface area contributed by atoms with E-state index in [1.165, 1.54) is 11.1 Å². The van der Waals surface area contributed by atoms with Crippen LogP contribution in [0.25, 0.3) is 5.69 Å². The Labute approximate surface area is 183 Å². The Morgan fingerprint density at radius 3 is 2.84 bits per heavy atom. The number of hydrogen-bond donors (Lipinski definition) is 2. The highest BCUT2D eigenvalue weighted by Gasteiger charge is 2.11. The average molecular weight is 420 g/mol. The average Bonchev–Trinajstić information content (AvgIpc) is 3.47. The lowest BCUT2D eigenvalue weighted by molar-refractivity contribution is 0.357. The van der Waals surface area contributed by atoms with Crippen molar-refractivity contribution in [3.8, 4) is 17.2 Å². The molecule has 0 unspecified atom stereocenters. The number of benzene rings is 2. The minimum atomic E-state index is 0.509. The van der Waals surface area contributed by atoms with E-state index in [0.29, 0.717) is 6.54 Å². The molecule has 2 aromatic carbocycles. The summed E-state index contributed by atoms with van der Waals surface area (Å²) in [5.74, 6) is 2.65. The van der Waals surface area contributed by atoms with Crippen LogP contribution in [0, 0.1) is 0 Å². The molecule has 0 spiro atoms. The molecule has 0 saturated heterocycles. The van der Waals surface area contributed by atoms with Gasteiger partial charge in [0.15, 0.2) is 5.96 Å². The van der Waals surface area contributed by atoms with Crippen LogP contribution in [-0.2, 0) is 19.4 Å². The lowest BCUT2D eigenvalue weighted by Gasteiger charge is -2.11. The van der Waals surface area contributed by atoms with Gasteiger partial charge in [-0.05, 0) is 60.9 Å². The van der Waals surface area contributed by atoms with Gasteiger partial charge in [0, 0.05) is 25.7 Å². The van der Waals surface area contributed by atoms with E-state index in [1.54, 1.807) is 7.11 Å². The summed E-state index contributed by atoms with van der Waals surface area (Å²) in [6, 6.07) is 16.3. The Morgan fingerprint density at radius 1 is 1.16 bits per heavy atom. The summed E-state index contributed by atoms with van der Waals surface area (Å²) in [5.41, 5.74) is 4.52. The van der Waals surface area contributed by atoms with Gasteiger partial charge >= 0.3 is 0 Å². The van der Waals surface area contributed by atoms with Crippen molar-refractivity contribution >= 4 is 5.96 Å². The van der Waals surface area contributed by atoms with E-state index in [-0.39, 0.29) is 0 Å². The predicted octanol–water partition coefficient (Wildman–Crippen LogP) is 3.11. The van der Waals surface area contributed by atoms with Crippen LogP contribution >= 0.6 is 0 Å². The fraction of sp³-hybridized carbons (Fsp3) is 0.333. The third kappa shape index (κ3) is 5.36. The fourth-order valence-electron chi connectivity index (χ4n) is 3.55. The molecular weight excluding hydrogens is 390 g/mol. The number of aliphatic imine (C=N–C) groups is 1. The molecule has 1 aromatic heterocycles. The van der Waals surface area contributed by atoms with Crippen LogP contribution in [0.1, 0.15) is 23.7 Å². The number of hydrogen-bond acceptors (Lipinski definition) is 4. The summed E-state index contributed by atoms with van der Waals surface area (Å²) < 4.78 is 12.6. The standard InChI is InChI=1S/C24H29N5O2/c1-3-25-24(26-13-10-18-4-9-23-19(16-18)12-15-31-23)27-17-20-11-14-29(28-20)21-5-7-22(30-2)8-6-21/h4-9,11,14,16H,3,10,12-13,15,17H2,1-2H3,(H2,25,26,27). The molecule has 0 fully saturated rings. The monoisotopic (exact) mass is 419 g/mol. The van der Waals surface area contributed by atoms with Gasteiger partial charge in [0.25, 0.3) is 0 Å². The molecule has 3 aromatic rings.